The molecule has 4 atom stereocenters. The van der Waals surface area contributed by atoms with Gasteiger partial charge in [0.1, 0.15) is 23.7 Å². The van der Waals surface area contributed by atoms with E-state index >= 15 is 0 Å². The number of likely N-dealkylation sites (tertiary alicyclic amines) is 2. The molecule has 3 unspecified atom stereocenters. The fraction of sp³-hybridized carbons (Fsp3) is 0.476. The maximum Gasteiger partial charge on any atom is 0.407 e. The second-order valence-electron chi connectivity index (χ2n) is 16.2. The first-order chi connectivity index (χ1) is 27.4. The van der Waals surface area contributed by atoms with E-state index in [1.54, 1.807) is 6.20 Å². The van der Waals surface area contributed by atoms with Crippen LogP contribution in [-0.2, 0) is 19.1 Å². The van der Waals surface area contributed by atoms with Crippen molar-refractivity contribution < 1.29 is 28.7 Å². The van der Waals surface area contributed by atoms with E-state index in [9.17, 15) is 19.2 Å². The molecule has 0 aliphatic carbocycles. The molecule has 3 saturated heterocycles. The molecule has 15 nitrogen and oxygen atoms in total. The smallest absolute Gasteiger partial charge is 0.407 e. The van der Waals surface area contributed by atoms with E-state index in [4.69, 9.17) is 14.5 Å². The molecule has 0 saturated carbocycles. The number of rotatable bonds is 11. The Hall–Kier alpha value is -5.70. The second kappa shape index (κ2) is 16.4. The van der Waals surface area contributed by atoms with Crippen molar-refractivity contribution in [2.75, 3.05) is 40.4 Å². The molecule has 3 aliphatic heterocycles. The van der Waals surface area contributed by atoms with Crippen LogP contribution in [0, 0.1) is 17.3 Å². The third-order valence-electron chi connectivity index (χ3n) is 11.7. The van der Waals surface area contributed by atoms with Crippen LogP contribution in [-0.4, -0.2) is 106 Å². The Kier molecular flexibility index (Phi) is 11.4. The highest BCUT2D eigenvalue weighted by Crippen LogP contribution is 2.45. The number of aromatic amines is 2. The number of methoxy groups -OCH3 is 2. The maximum atomic E-state index is 13.9. The normalized spacial score (nSPS) is 19.7. The Morgan fingerprint density at radius 1 is 0.702 bits per heavy atom. The summed E-state index contributed by atoms with van der Waals surface area (Å²) in [5.41, 5.74) is 5.76. The van der Waals surface area contributed by atoms with Gasteiger partial charge in [0.15, 0.2) is 0 Å². The molecule has 0 radical (unpaired) electrons. The summed E-state index contributed by atoms with van der Waals surface area (Å²) in [7, 11) is 2.59. The molecule has 5 N–H and O–H groups in total. The first-order valence-electron chi connectivity index (χ1n) is 19.7. The number of amides is 4. The van der Waals surface area contributed by atoms with Crippen molar-refractivity contribution in [1.82, 2.24) is 45.7 Å². The number of nitrogens with one attached hydrogen (secondary N) is 5. The average molecular weight is 780 g/mol. The number of carbonyl (C=O) groups excluding carboxylic acids is 4. The van der Waals surface area contributed by atoms with Gasteiger partial charge in [0.2, 0.25) is 11.8 Å². The molecule has 2 aromatic carbocycles. The summed E-state index contributed by atoms with van der Waals surface area (Å²) < 4.78 is 9.57. The van der Waals surface area contributed by atoms with Crippen LogP contribution in [0.1, 0.15) is 70.7 Å². The lowest BCUT2D eigenvalue weighted by Crippen LogP contribution is -2.56. The van der Waals surface area contributed by atoms with Gasteiger partial charge in [0, 0.05) is 31.6 Å². The van der Waals surface area contributed by atoms with Crippen LogP contribution in [0.3, 0.4) is 0 Å². The highest BCUT2D eigenvalue weighted by atomic mass is 16.5. The molecule has 3 aliphatic rings. The summed E-state index contributed by atoms with van der Waals surface area (Å²) in [6, 6.07) is 14.7. The van der Waals surface area contributed by atoms with Gasteiger partial charge < -0.3 is 45.2 Å². The van der Waals surface area contributed by atoms with E-state index in [2.05, 4.69) is 79.4 Å². The Bertz CT molecular complexity index is 2070. The number of H-pyrrole nitrogens is 2. The fourth-order valence-electron chi connectivity index (χ4n) is 8.33. The molecule has 7 rings (SSSR count). The van der Waals surface area contributed by atoms with Crippen LogP contribution in [0.4, 0.5) is 9.59 Å². The van der Waals surface area contributed by atoms with Crippen molar-refractivity contribution in [3.63, 3.8) is 0 Å². The molecular weight excluding hydrogens is 727 g/mol. The van der Waals surface area contributed by atoms with E-state index in [0.29, 0.717) is 13.1 Å². The lowest BCUT2D eigenvalue weighted by molar-refractivity contribution is -0.136. The van der Waals surface area contributed by atoms with E-state index in [1.165, 1.54) is 14.2 Å². The standard InChI is InChI=1S/C42H53N9O6/c1-24(2)34(48-40(54)56-5)38(52)50-17-7-8-32(50)36-44-19-30(46-36)28-13-9-26(10-14-28)27-11-15-29(16-12-27)31-20-45-37(47-31)33-18-42(21-43-22-42)23-51(33)39(53)35(25(3)4)49-41(55)57-6/h9-16,19-20,24-25,32-35,43H,7-8,17-18,21-23H2,1-6H3,(H,44,46)(H,45,47)(H,48,54)(H,49,55)/t32-,33?,34?,35?/m0/s1. The quantitative estimate of drug-likeness (QED) is 0.133. The number of nitrogens with zero attached hydrogens (tertiary/aromatic N) is 4. The monoisotopic (exact) mass is 779 g/mol. The number of alkyl carbamates (subject to hydrolysis) is 2. The van der Waals surface area contributed by atoms with Crippen molar-refractivity contribution in [3.8, 4) is 33.6 Å². The molecule has 1 spiro atoms. The number of hydrogen-bond donors (Lipinski definition) is 5. The van der Waals surface area contributed by atoms with Crippen molar-refractivity contribution in [3.05, 3.63) is 72.6 Å². The van der Waals surface area contributed by atoms with Crippen LogP contribution >= 0.6 is 0 Å². The number of benzene rings is 2. The zero-order chi connectivity index (χ0) is 40.4. The number of carbonyl (C=O) groups is 4. The van der Waals surface area contributed by atoms with Crippen molar-refractivity contribution in [2.45, 2.75) is 71.1 Å². The van der Waals surface area contributed by atoms with E-state index in [-0.39, 0.29) is 41.1 Å². The first kappa shape index (κ1) is 39.5. The van der Waals surface area contributed by atoms with Crippen molar-refractivity contribution in [2.24, 2.45) is 17.3 Å². The molecular formula is C42H53N9O6. The van der Waals surface area contributed by atoms with Crippen molar-refractivity contribution in [1.29, 1.82) is 0 Å². The number of ether oxygens (including phenoxy) is 2. The fourth-order valence-corrected chi connectivity index (χ4v) is 8.33. The summed E-state index contributed by atoms with van der Waals surface area (Å²) in [5, 5.41) is 8.81. The summed E-state index contributed by atoms with van der Waals surface area (Å²) in [5.74, 6) is 0.946. The topological polar surface area (TPSA) is 187 Å². The average Bonchev–Trinajstić information content (AvgIpc) is 4.04. The zero-order valence-electron chi connectivity index (χ0n) is 33.4. The van der Waals surface area contributed by atoms with Gasteiger partial charge in [-0.05, 0) is 53.4 Å². The Morgan fingerprint density at radius 2 is 1.16 bits per heavy atom. The highest BCUT2D eigenvalue weighted by Gasteiger charge is 2.52. The lowest BCUT2D eigenvalue weighted by atomic mass is 9.79. The van der Waals surface area contributed by atoms with Gasteiger partial charge in [-0.15, -0.1) is 0 Å². The van der Waals surface area contributed by atoms with Gasteiger partial charge in [-0.3, -0.25) is 9.59 Å². The number of hydrogen-bond acceptors (Lipinski definition) is 9. The molecule has 0 bridgehead atoms. The predicted octanol–water partition coefficient (Wildman–Crippen LogP) is 5.42. The minimum absolute atomic E-state index is 0.0164. The maximum absolute atomic E-state index is 13.9. The minimum Gasteiger partial charge on any atom is -0.453 e. The SMILES string of the molecule is COC(=O)NC(C(=O)N1CC2(CNC2)CC1c1ncc(-c2ccc(-c3ccc(-c4cnc([C@@H]5CCCN5C(=O)C(NC(=O)OC)C(C)C)[nH]4)cc3)cc2)[nH]1)C(C)C. The second-order valence-corrected chi connectivity index (χ2v) is 16.2. The van der Waals surface area contributed by atoms with Crippen molar-refractivity contribution >= 4 is 24.0 Å². The molecule has 3 fully saturated rings. The molecule has 4 aromatic rings. The third kappa shape index (κ3) is 8.11. The Morgan fingerprint density at radius 3 is 1.60 bits per heavy atom. The van der Waals surface area contributed by atoms with Gasteiger partial charge in [-0.1, -0.05) is 76.2 Å². The van der Waals surface area contributed by atoms with Crippen LogP contribution in [0.25, 0.3) is 33.6 Å². The molecule has 302 valence electrons. The summed E-state index contributed by atoms with van der Waals surface area (Å²) in [4.78, 5) is 71.6. The molecule has 15 heteroatoms. The zero-order valence-corrected chi connectivity index (χ0v) is 33.4. The van der Waals surface area contributed by atoms with Crippen LogP contribution in [0.15, 0.2) is 60.9 Å². The predicted molar refractivity (Wildman–Crippen MR) is 213 cm³/mol. The van der Waals surface area contributed by atoms with Crippen LogP contribution < -0.4 is 16.0 Å². The summed E-state index contributed by atoms with van der Waals surface area (Å²) in [6.07, 6.45) is 4.78. The van der Waals surface area contributed by atoms with Gasteiger partial charge >= 0.3 is 12.2 Å². The summed E-state index contributed by atoms with van der Waals surface area (Å²) >= 11 is 0. The van der Waals surface area contributed by atoms with Gasteiger partial charge in [0.05, 0.1) is 50.1 Å². The van der Waals surface area contributed by atoms with E-state index < -0.39 is 24.3 Å². The Labute approximate surface area is 332 Å². The number of aromatic nitrogens is 4. The molecule has 4 amide bonds. The van der Waals surface area contributed by atoms with Gasteiger partial charge in [-0.25, -0.2) is 19.6 Å². The minimum atomic E-state index is -0.710. The van der Waals surface area contributed by atoms with Crippen LogP contribution in [0.2, 0.25) is 0 Å². The Balaban J connectivity index is 1.02. The molecule has 57 heavy (non-hydrogen) atoms. The molecule has 5 heterocycles. The third-order valence-corrected chi connectivity index (χ3v) is 11.7. The number of imidazole rings is 2. The van der Waals surface area contributed by atoms with Gasteiger partial charge in [-0.2, -0.15) is 0 Å². The first-order valence-corrected chi connectivity index (χ1v) is 19.7. The highest BCUT2D eigenvalue weighted by molar-refractivity contribution is 5.87. The van der Waals surface area contributed by atoms with Crippen LogP contribution in [0.5, 0.6) is 0 Å². The molecule has 2 aromatic heterocycles. The largest absolute Gasteiger partial charge is 0.453 e. The summed E-state index contributed by atoms with van der Waals surface area (Å²) in [6.45, 7) is 10.5. The van der Waals surface area contributed by atoms with E-state index in [0.717, 1.165) is 77.6 Å². The van der Waals surface area contributed by atoms with Gasteiger partial charge in [0.25, 0.3) is 0 Å². The lowest BCUT2D eigenvalue weighted by Gasteiger charge is -2.39. The van der Waals surface area contributed by atoms with E-state index in [1.807, 2.05) is 43.7 Å².